The van der Waals surface area contributed by atoms with Gasteiger partial charge in [-0.05, 0) is 32.2 Å². The maximum Gasteiger partial charge on any atom is 0.259 e. The predicted molar refractivity (Wildman–Crippen MR) is 72.2 cm³/mol. The van der Waals surface area contributed by atoms with Crippen molar-refractivity contribution in [2.75, 3.05) is 19.6 Å². The second kappa shape index (κ2) is 4.81. The fourth-order valence-electron chi connectivity index (χ4n) is 3.12. The smallest absolute Gasteiger partial charge is 0.259 e. The number of nitrogens with one attached hydrogen (secondary N) is 2. The third-order valence-electron chi connectivity index (χ3n) is 4.17. The molecule has 2 N–H and O–H groups in total. The summed E-state index contributed by atoms with van der Waals surface area (Å²) in [6.45, 7) is 4.33. The van der Waals surface area contributed by atoms with Crippen LogP contribution < -0.4 is 10.7 Å². The highest BCUT2D eigenvalue weighted by Crippen LogP contribution is 2.25. The lowest BCUT2D eigenvalue weighted by Crippen LogP contribution is -2.41. The maximum atomic E-state index is 12.4. The van der Waals surface area contributed by atoms with E-state index >= 15 is 0 Å². The number of aromatic nitrogens is 1. The number of amides is 1. The number of likely N-dealkylation sites (tertiary alicyclic amines) is 1. The second-order valence-corrected chi connectivity index (χ2v) is 5.57. The Morgan fingerprint density at radius 1 is 1.42 bits per heavy atom. The van der Waals surface area contributed by atoms with E-state index in [1.807, 2.05) is 11.8 Å². The number of hydrogen-bond donors (Lipinski definition) is 2. The van der Waals surface area contributed by atoms with Crippen molar-refractivity contribution in [3.8, 4) is 0 Å². The number of aromatic amines is 1. The zero-order valence-electron chi connectivity index (χ0n) is 11.1. The Kier molecular flexibility index (Phi) is 3.14. The van der Waals surface area contributed by atoms with Gasteiger partial charge in [0.15, 0.2) is 5.43 Å². The molecule has 0 radical (unpaired) electrons. The summed E-state index contributed by atoms with van der Waals surface area (Å²) in [5.74, 6) is 0.402. The van der Waals surface area contributed by atoms with E-state index in [2.05, 4.69) is 10.3 Å². The quantitative estimate of drug-likeness (QED) is 0.774. The minimum Gasteiger partial charge on any atom is -0.364 e. The first-order valence-electron chi connectivity index (χ1n) is 6.87. The van der Waals surface area contributed by atoms with Crippen molar-refractivity contribution in [2.45, 2.75) is 25.8 Å². The van der Waals surface area contributed by atoms with Crippen LogP contribution in [0.2, 0.25) is 0 Å². The van der Waals surface area contributed by atoms with Crippen LogP contribution in [0.3, 0.4) is 0 Å². The van der Waals surface area contributed by atoms with Gasteiger partial charge in [-0.1, -0.05) is 0 Å². The number of rotatable bonds is 1. The molecule has 0 aromatic carbocycles. The Morgan fingerprint density at radius 2 is 2.26 bits per heavy atom. The molecule has 1 amide bonds. The molecule has 0 aliphatic carbocycles. The maximum absolute atomic E-state index is 12.4. The number of hydrogen-bond acceptors (Lipinski definition) is 3. The van der Waals surface area contributed by atoms with Gasteiger partial charge in [0, 0.05) is 37.1 Å². The van der Waals surface area contributed by atoms with Crippen LogP contribution in [0.4, 0.5) is 0 Å². The molecule has 5 heteroatoms. The van der Waals surface area contributed by atoms with Gasteiger partial charge in [-0.3, -0.25) is 9.59 Å². The Labute approximate surface area is 112 Å². The molecule has 2 fully saturated rings. The van der Waals surface area contributed by atoms with Crippen molar-refractivity contribution in [1.82, 2.24) is 15.2 Å². The summed E-state index contributed by atoms with van der Waals surface area (Å²) in [5.41, 5.74) is 0.839. The molecule has 0 spiro atoms. The topological polar surface area (TPSA) is 65.2 Å². The largest absolute Gasteiger partial charge is 0.364 e. The van der Waals surface area contributed by atoms with Gasteiger partial charge in [-0.25, -0.2) is 0 Å². The first-order chi connectivity index (χ1) is 9.15. The molecular formula is C14H19N3O2. The molecule has 19 heavy (non-hydrogen) atoms. The molecule has 1 aromatic heterocycles. The number of pyridine rings is 1. The Bertz CT molecular complexity index is 538. The van der Waals surface area contributed by atoms with Crippen LogP contribution in [0.25, 0.3) is 0 Å². The van der Waals surface area contributed by atoms with Crippen LogP contribution in [0, 0.1) is 12.8 Å². The van der Waals surface area contributed by atoms with Crippen LogP contribution in [-0.4, -0.2) is 41.5 Å². The lowest BCUT2D eigenvalue weighted by atomic mass is 9.94. The Balaban J connectivity index is 1.79. The van der Waals surface area contributed by atoms with E-state index in [9.17, 15) is 9.59 Å². The van der Waals surface area contributed by atoms with Crippen LogP contribution >= 0.6 is 0 Å². The van der Waals surface area contributed by atoms with E-state index in [-0.39, 0.29) is 16.9 Å². The number of carbonyl (C=O) groups excluding carboxylic acids is 1. The van der Waals surface area contributed by atoms with Gasteiger partial charge >= 0.3 is 0 Å². The van der Waals surface area contributed by atoms with E-state index < -0.39 is 0 Å². The minimum atomic E-state index is -0.191. The average molecular weight is 261 g/mol. The standard InChI is InChI=1S/C14H19N3O2/c1-9-5-13(18)11(6-16-9)14(19)17-7-10-3-2-4-15-12(10)8-17/h5-6,10,12,15H,2-4,7-8H2,1H3,(H,16,18)/t10-,12+/m0/s1. The highest BCUT2D eigenvalue weighted by atomic mass is 16.2. The first-order valence-corrected chi connectivity index (χ1v) is 6.87. The Hall–Kier alpha value is -1.62. The number of H-pyrrole nitrogens is 1. The van der Waals surface area contributed by atoms with Crippen LogP contribution in [0.5, 0.6) is 0 Å². The highest BCUT2D eigenvalue weighted by Gasteiger charge is 2.37. The molecule has 2 saturated heterocycles. The molecule has 1 aromatic rings. The van der Waals surface area contributed by atoms with Crippen LogP contribution in [0.1, 0.15) is 28.9 Å². The fraction of sp³-hybridized carbons (Fsp3) is 0.571. The van der Waals surface area contributed by atoms with Gasteiger partial charge in [-0.15, -0.1) is 0 Å². The molecule has 3 rings (SSSR count). The van der Waals surface area contributed by atoms with E-state index in [0.717, 1.165) is 25.3 Å². The molecule has 2 aliphatic rings. The zero-order chi connectivity index (χ0) is 13.4. The summed E-state index contributed by atoms with van der Waals surface area (Å²) in [6.07, 6.45) is 3.88. The third-order valence-corrected chi connectivity index (χ3v) is 4.17. The summed E-state index contributed by atoms with van der Waals surface area (Å²) in [7, 11) is 0. The molecule has 5 nitrogen and oxygen atoms in total. The molecule has 102 valence electrons. The number of aryl methyl sites for hydroxylation is 1. The summed E-state index contributed by atoms with van der Waals surface area (Å²) in [6, 6.07) is 1.89. The van der Waals surface area contributed by atoms with Crippen LogP contribution in [0.15, 0.2) is 17.1 Å². The van der Waals surface area contributed by atoms with Gasteiger partial charge in [0.2, 0.25) is 0 Å². The molecule has 2 atom stereocenters. The summed E-state index contributed by atoms with van der Waals surface area (Å²) < 4.78 is 0. The number of nitrogens with zero attached hydrogens (tertiary/aromatic N) is 1. The van der Waals surface area contributed by atoms with Crippen molar-refractivity contribution >= 4 is 5.91 Å². The van der Waals surface area contributed by atoms with Gasteiger partial charge in [0.05, 0.1) is 0 Å². The lowest BCUT2D eigenvalue weighted by molar-refractivity contribution is 0.0784. The van der Waals surface area contributed by atoms with E-state index in [0.29, 0.717) is 12.0 Å². The SMILES string of the molecule is Cc1cc(=O)c(C(=O)N2C[C@@H]3CCCN[C@@H]3C2)c[nH]1. The summed E-state index contributed by atoms with van der Waals surface area (Å²) in [5, 5.41) is 3.46. The van der Waals surface area contributed by atoms with Crippen molar-refractivity contribution in [1.29, 1.82) is 0 Å². The van der Waals surface area contributed by atoms with Crippen molar-refractivity contribution in [3.05, 3.63) is 33.7 Å². The summed E-state index contributed by atoms with van der Waals surface area (Å²) >= 11 is 0. The van der Waals surface area contributed by atoms with E-state index in [1.54, 1.807) is 0 Å². The number of carbonyl (C=O) groups is 1. The predicted octanol–water partition coefficient (Wildman–Crippen LogP) is 0.507. The fourth-order valence-corrected chi connectivity index (χ4v) is 3.12. The third kappa shape index (κ3) is 2.30. The first kappa shape index (κ1) is 12.4. The number of piperidine rings is 1. The van der Waals surface area contributed by atoms with Crippen molar-refractivity contribution in [3.63, 3.8) is 0 Å². The van der Waals surface area contributed by atoms with Crippen LogP contribution in [-0.2, 0) is 0 Å². The van der Waals surface area contributed by atoms with Gasteiger partial charge in [0.25, 0.3) is 5.91 Å². The van der Waals surface area contributed by atoms with E-state index in [1.165, 1.54) is 25.1 Å². The minimum absolute atomic E-state index is 0.141. The second-order valence-electron chi connectivity index (χ2n) is 5.57. The molecule has 0 bridgehead atoms. The molecule has 0 unspecified atom stereocenters. The molecule has 2 aliphatic heterocycles. The van der Waals surface area contributed by atoms with Crippen molar-refractivity contribution in [2.24, 2.45) is 5.92 Å². The molecule has 0 saturated carbocycles. The molecular weight excluding hydrogens is 242 g/mol. The van der Waals surface area contributed by atoms with Crippen molar-refractivity contribution < 1.29 is 4.79 Å². The Morgan fingerprint density at radius 3 is 3.00 bits per heavy atom. The number of fused-ring (bicyclic) bond motifs is 1. The van der Waals surface area contributed by atoms with Gasteiger partial charge in [0.1, 0.15) is 5.56 Å². The highest BCUT2D eigenvalue weighted by molar-refractivity contribution is 5.94. The zero-order valence-corrected chi connectivity index (χ0v) is 11.1. The van der Waals surface area contributed by atoms with Gasteiger partial charge in [-0.2, -0.15) is 0 Å². The van der Waals surface area contributed by atoms with E-state index in [4.69, 9.17) is 0 Å². The average Bonchev–Trinajstić information content (AvgIpc) is 2.81. The summed E-state index contributed by atoms with van der Waals surface area (Å²) in [4.78, 5) is 29.0. The van der Waals surface area contributed by atoms with Gasteiger partial charge < -0.3 is 15.2 Å². The lowest BCUT2D eigenvalue weighted by Gasteiger charge is -2.24. The molecule has 3 heterocycles. The monoisotopic (exact) mass is 261 g/mol. The normalized spacial score (nSPS) is 26.3.